The Morgan fingerprint density at radius 3 is 2.29 bits per heavy atom. The van der Waals surface area contributed by atoms with E-state index >= 15 is 0 Å². The molecule has 1 saturated carbocycles. The molecule has 1 aromatic heterocycles. The monoisotopic (exact) mass is 387 g/mol. The minimum atomic E-state index is -1.11. The van der Waals surface area contributed by atoms with Gasteiger partial charge in [0, 0.05) is 50.3 Å². The van der Waals surface area contributed by atoms with Crippen LogP contribution in [-0.2, 0) is 9.59 Å². The quantitative estimate of drug-likeness (QED) is 0.810. The number of nitrogens with one attached hydrogen (secondary N) is 1. The maximum absolute atomic E-state index is 13.4. The highest BCUT2D eigenvalue weighted by Gasteiger charge is 2.58. The first kappa shape index (κ1) is 18.3. The van der Waals surface area contributed by atoms with Gasteiger partial charge in [-0.15, -0.1) is 0 Å². The molecule has 0 atom stereocenters. The molecule has 0 spiro atoms. The van der Waals surface area contributed by atoms with Crippen LogP contribution < -0.4 is 10.2 Å². The van der Waals surface area contributed by atoms with Crippen LogP contribution >= 0.6 is 0 Å². The molecule has 0 unspecified atom stereocenters. The van der Waals surface area contributed by atoms with Crippen molar-refractivity contribution in [2.24, 2.45) is 5.41 Å². The number of nitrogens with zero attached hydrogens (tertiary/aromatic N) is 4. The molecular weight excluding hydrogens is 368 g/mol. The first-order valence-electron chi connectivity index (χ1n) is 9.07. The van der Waals surface area contributed by atoms with Crippen LogP contribution in [-0.4, -0.2) is 52.9 Å². The lowest BCUT2D eigenvalue weighted by molar-refractivity contribution is -0.142. The minimum Gasteiger partial charge on any atom is -0.338 e. The smallest absolute Gasteiger partial charge is 0.240 e. The highest BCUT2D eigenvalue weighted by Crippen LogP contribution is 2.48. The Labute approximate surface area is 160 Å². The fourth-order valence-corrected chi connectivity index (χ4v) is 3.35. The van der Waals surface area contributed by atoms with Crippen LogP contribution in [0.4, 0.5) is 20.4 Å². The molecule has 0 radical (unpaired) electrons. The number of aromatic nitrogens is 2. The van der Waals surface area contributed by atoms with E-state index in [9.17, 15) is 18.4 Å². The van der Waals surface area contributed by atoms with E-state index < -0.39 is 23.0 Å². The third-order valence-corrected chi connectivity index (χ3v) is 5.17. The van der Waals surface area contributed by atoms with Crippen molar-refractivity contribution in [3.8, 4) is 0 Å². The largest absolute Gasteiger partial charge is 0.338 e. The summed E-state index contributed by atoms with van der Waals surface area (Å²) in [7, 11) is 0. The summed E-state index contributed by atoms with van der Waals surface area (Å²) in [5.74, 6) is -2.12. The molecular formula is C19H19F2N5O2. The van der Waals surface area contributed by atoms with Gasteiger partial charge in [-0.1, -0.05) is 0 Å². The number of benzene rings is 1. The molecule has 28 heavy (non-hydrogen) atoms. The van der Waals surface area contributed by atoms with Crippen LogP contribution in [0.3, 0.4) is 0 Å². The zero-order valence-electron chi connectivity index (χ0n) is 15.1. The van der Waals surface area contributed by atoms with Crippen molar-refractivity contribution in [3.63, 3.8) is 0 Å². The molecule has 4 rings (SSSR count). The molecule has 2 fully saturated rings. The standard InChI is InChI=1S/C19H19F2N5O2/c20-14-3-2-13(12-15(14)21)24-16(27)19(4-5-19)17(28)25-8-10-26(11-9-25)18-22-6-1-7-23-18/h1-3,6-7,12H,4-5,8-11H2,(H,24,27). The average Bonchev–Trinajstić information content (AvgIpc) is 3.53. The van der Waals surface area contributed by atoms with Gasteiger partial charge in [-0.25, -0.2) is 18.7 Å². The third kappa shape index (κ3) is 3.39. The predicted octanol–water partition coefficient (Wildman–Crippen LogP) is 1.82. The molecule has 2 amide bonds. The number of hydrogen-bond donors (Lipinski definition) is 1. The van der Waals surface area contributed by atoms with Gasteiger partial charge in [-0.3, -0.25) is 9.59 Å². The Balaban J connectivity index is 1.39. The van der Waals surface area contributed by atoms with Crippen LogP contribution in [0.5, 0.6) is 0 Å². The zero-order valence-corrected chi connectivity index (χ0v) is 15.1. The first-order valence-corrected chi connectivity index (χ1v) is 9.07. The lowest BCUT2D eigenvalue weighted by Crippen LogP contribution is -2.53. The molecule has 2 aliphatic rings. The summed E-state index contributed by atoms with van der Waals surface area (Å²) in [5, 5.41) is 2.54. The van der Waals surface area contributed by atoms with Gasteiger partial charge in [0.05, 0.1) is 0 Å². The number of rotatable bonds is 4. The highest BCUT2D eigenvalue weighted by atomic mass is 19.2. The minimum absolute atomic E-state index is 0.133. The van der Waals surface area contributed by atoms with Gasteiger partial charge in [0.15, 0.2) is 11.6 Å². The van der Waals surface area contributed by atoms with Crippen molar-refractivity contribution in [1.29, 1.82) is 0 Å². The zero-order chi connectivity index (χ0) is 19.7. The van der Waals surface area contributed by atoms with Crippen LogP contribution in [0, 0.1) is 17.0 Å². The maximum Gasteiger partial charge on any atom is 0.240 e. The fraction of sp³-hybridized carbons (Fsp3) is 0.368. The molecule has 2 heterocycles. The molecule has 7 nitrogen and oxygen atoms in total. The molecule has 1 saturated heterocycles. The van der Waals surface area contributed by atoms with Gasteiger partial charge in [-0.2, -0.15) is 0 Å². The number of halogens is 2. The summed E-state index contributed by atoms with van der Waals surface area (Å²) in [6, 6.07) is 4.87. The van der Waals surface area contributed by atoms with Crippen molar-refractivity contribution in [2.45, 2.75) is 12.8 Å². The second-order valence-electron chi connectivity index (χ2n) is 6.99. The summed E-state index contributed by atoms with van der Waals surface area (Å²) in [5.41, 5.74) is -0.981. The second kappa shape index (κ2) is 7.14. The van der Waals surface area contributed by atoms with E-state index in [1.54, 1.807) is 23.4 Å². The Morgan fingerprint density at radius 1 is 1.00 bits per heavy atom. The Kier molecular flexibility index (Phi) is 4.66. The van der Waals surface area contributed by atoms with Gasteiger partial charge < -0.3 is 15.1 Å². The first-order chi connectivity index (χ1) is 13.5. The number of carbonyl (C=O) groups excluding carboxylic acids is 2. The van der Waals surface area contributed by atoms with Crippen molar-refractivity contribution in [3.05, 3.63) is 48.3 Å². The SMILES string of the molecule is O=C(Nc1ccc(F)c(F)c1)C1(C(=O)N2CCN(c3ncccn3)CC2)CC1. The topological polar surface area (TPSA) is 78.4 Å². The molecule has 0 bridgehead atoms. The molecule has 1 aromatic carbocycles. The molecule has 1 aliphatic heterocycles. The van der Waals surface area contributed by atoms with Crippen molar-refractivity contribution in [1.82, 2.24) is 14.9 Å². The van der Waals surface area contributed by atoms with E-state index in [4.69, 9.17) is 0 Å². The summed E-state index contributed by atoms with van der Waals surface area (Å²) in [6.45, 7) is 2.10. The van der Waals surface area contributed by atoms with Crippen LogP contribution in [0.25, 0.3) is 0 Å². The summed E-state index contributed by atoms with van der Waals surface area (Å²) < 4.78 is 26.4. The van der Waals surface area contributed by atoms with Crippen molar-refractivity contribution < 1.29 is 18.4 Å². The maximum atomic E-state index is 13.4. The van der Waals surface area contributed by atoms with Crippen molar-refractivity contribution >= 4 is 23.5 Å². The van der Waals surface area contributed by atoms with Gasteiger partial charge in [-0.05, 0) is 31.0 Å². The molecule has 1 aliphatic carbocycles. The van der Waals surface area contributed by atoms with E-state index in [0.717, 1.165) is 12.1 Å². The average molecular weight is 387 g/mol. The van der Waals surface area contributed by atoms with Gasteiger partial charge in [0.2, 0.25) is 17.8 Å². The molecule has 2 aromatic rings. The number of hydrogen-bond acceptors (Lipinski definition) is 5. The third-order valence-electron chi connectivity index (χ3n) is 5.17. The lowest BCUT2D eigenvalue weighted by Gasteiger charge is -2.36. The predicted molar refractivity (Wildman–Crippen MR) is 97.5 cm³/mol. The van der Waals surface area contributed by atoms with Crippen LogP contribution in [0.1, 0.15) is 12.8 Å². The summed E-state index contributed by atoms with van der Waals surface area (Å²) in [6.07, 6.45) is 4.23. The lowest BCUT2D eigenvalue weighted by atomic mass is 10.0. The molecule has 146 valence electrons. The number of piperazine rings is 1. The summed E-state index contributed by atoms with van der Waals surface area (Å²) >= 11 is 0. The number of amides is 2. The number of anilines is 2. The van der Waals surface area contributed by atoms with E-state index in [2.05, 4.69) is 15.3 Å². The van der Waals surface area contributed by atoms with E-state index in [-0.39, 0.29) is 11.6 Å². The van der Waals surface area contributed by atoms with Crippen LogP contribution in [0.2, 0.25) is 0 Å². The fourth-order valence-electron chi connectivity index (χ4n) is 3.35. The molecule has 9 heteroatoms. The highest BCUT2D eigenvalue weighted by molar-refractivity contribution is 6.13. The number of carbonyl (C=O) groups is 2. The van der Waals surface area contributed by atoms with E-state index in [1.165, 1.54) is 6.07 Å². The van der Waals surface area contributed by atoms with Gasteiger partial charge in [0.1, 0.15) is 5.41 Å². The van der Waals surface area contributed by atoms with E-state index in [0.29, 0.717) is 45.0 Å². The van der Waals surface area contributed by atoms with Crippen LogP contribution in [0.15, 0.2) is 36.7 Å². The normalized spacial score (nSPS) is 17.9. The van der Waals surface area contributed by atoms with Gasteiger partial charge in [0.25, 0.3) is 0 Å². The van der Waals surface area contributed by atoms with Crippen molar-refractivity contribution in [2.75, 3.05) is 36.4 Å². The van der Waals surface area contributed by atoms with E-state index in [1.807, 2.05) is 4.90 Å². The van der Waals surface area contributed by atoms with Gasteiger partial charge >= 0.3 is 0 Å². The Morgan fingerprint density at radius 2 is 1.68 bits per heavy atom. The Hall–Kier alpha value is -3.10. The second-order valence-corrected chi connectivity index (χ2v) is 6.99. The Bertz CT molecular complexity index is 896. The molecule has 1 N–H and O–H groups in total. The summed E-state index contributed by atoms with van der Waals surface area (Å²) in [4.78, 5) is 37.7.